The monoisotopic (exact) mass is 255 g/mol. The van der Waals surface area contributed by atoms with Crippen molar-refractivity contribution in [3.8, 4) is 0 Å². The summed E-state index contributed by atoms with van der Waals surface area (Å²) < 4.78 is 1.84. The molecule has 1 aromatic heterocycles. The summed E-state index contributed by atoms with van der Waals surface area (Å²) in [7, 11) is 4.08. The summed E-state index contributed by atoms with van der Waals surface area (Å²) in [5, 5.41) is 4.19. The molecule has 1 heterocycles. The van der Waals surface area contributed by atoms with Crippen molar-refractivity contribution in [2.24, 2.45) is 7.05 Å². The molecular weight excluding hydrogens is 234 g/mol. The minimum absolute atomic E-state index is 0.924. The Labute approximate surface area is 115 Å². The Hall–Kier alpha value is -1.87. The van der Waals surface area contributed by atoms with Gasteiger partial charge in [0.05, 0.1) is 6.20 Å². The Bertz CT molecular complexity index is 540. The number of likely N-dealkylation sites (N-methyl/N-ethyl adjacent to an activating group) is 1. The molecule has 3 nitrogen and oxygen atoms in total. The van der Waals surface area contributed by atoms with Crippen LogP contribution in [-0.4, -0.2) is 28.3 Å². The Morgan fingerprint density at radius 3 is 2.68 bits per heavy atom. The third-order valence-corrected chi connectivity index (χ3v) is 2.94. The van der Waals surface area contributed by atoms with Gasteiger partial charge in [0.25, 0.3) is 0 Å². The molecule has 0 unspecified atom stereocenters. The molecule has 0 N–H and O–H groups in total. The second-order valence-corrected chi connectivity index (χ2v) is 5.10. The average Bonchev–Trinajstić information content (AvgIpc) is 2.75. The van der Waals surface area contributed by atoms with Crippen LogP contribution in [0, 0.1) is 0 Å². The van der Waals surface area contributed by atoms with Crippen LogP contribution >= 0.6 is 0 Å². The fourth-order valence-corrected chi connectivity index (χ4v) is 2.23. The molecule has 0 fully saturated rings. The normalized spacial score (nSPS) is 12.1. The van der Waals surface area contributed by atoms with Crippen LogP contribution in [0.15, 0.2) is 48.3 Å². The van der Waals surface area contributed by atoms with Gasteiger partial charge in [-0.2, -0.15) is 5.10 Å². The van der Waals surface area contributed by atoms with Crippen molar-refractivity contribution < 1.29 is 0 Å². The first-order valence-electron chi connectivity index (χ1n) is 6.52. The number of aryl methyl sites for hydroxylation is 1. The van der Waals surface area contributed by atoms with E-state index in [1.165, 1.54) is 16.7 Å². The van der Waals surface area contributed by atoms with Gasteiger partial charge in [-0.05, 0) is 19.5 Å². The molecule has 0 aliphatic rings. The number of aromatic nitrogens is 2. The molecule has 0 aliphatic carbocycles. The number of rotatable bonds is 5. The molecule has 3 heteroatoms. The fraction of sp³-hybridized carbons (Fsp3) is 0.312. The third-order valence-electron chi connectivity index (χ3n) is 2.94. The van der Waals surface area contributed by atoms with Crippen LogP contribution in [0.2, 0.25) is 0 Å². The van der Waals surface area contributed by atoms with Crippen molar-refractivity contribution in [2.75, 3.05) is 13.6 Å². The standard InChI is InChI=1S/C16H21N3/c1-14(9-15-7-5-4-6-8-15)11-18(2)12-16-10-17-19(3)13-16/h4-10,13H,11-12H2,1-3H3/b14-9+. The number of hydrogen-bond acceptors (Lipinski definition) is 2. The van der Waals surface area contributed by atoms with Gasteiger partial charge in [0.2, 0.25) is 0 Å². The predicted octanol–water partition coefficient (Wildman–Crippen LogP) is 2.96. The molecule has 1 aromatic carbocycles. The first kappa shape index (κ1) is 13.6. The Balaban J connectivity index is 1.91. The van der Waals surface area contributed by atoms with E-state index in [1.54, 1.807) is 0 Å². The van der Waals surface area contributed by atoms with Gasteiger partial charge in [0.1, 0.15) is 0 Å². The van der Waals surface area contributed by atoms with E-state index in [0.29, 0.717) is 0 Å². The van der Waals surface area contributed by atoms with Crippen molar-refractivity contribution in [3.63, 3.8) is 0 Å². The van der Waals surface area contributed by atoms with E-state index < -0.39 is 0 Å². The topological polar surface area (TPSA) is 21.1 Å². The molecular formula is C16H21N3. The van der Waals surface area contributed by atoms with E-state index in [4.69, 9.17) is 0 Å². The highest BCUT2D eigenvalue weighted by Gasteiger charge is 2.03. The van der Waals surface area contributed by atoms with Crippen molar-refractivity contribution in [1.29, 1.82) is 0 Å². The van der Waals surface area contributed by atoms with E-state index in [9.17, 15) is 0 Å². The molecule has 19 heavy (non-hydrogen) atoms. The zero-order valence-corrected chi connectivity index (χ0v) is 11.9. The van der Waals surface area contributed by atoms with Gasteiger partial charge in [-0.15, -0.1) is 0 Å². The largest absolute Gasteiger partial charge is 0.298 e. The molecule has 2 aromatic rings. The van der Waals surface area contributed by atoms with E-state index in [2.05, 4.69) is 60.5 Å². The van der Waals surface area contributed by atoms with Crippen LogP contribution in [0.4, 0.5) is 0 Å². The SMILES string of the molecule is C/C(=C\c1ccccc1)CN(C)Cc1cnn(C)c1. The lowest BCUT2D eigenvalue weighted by Crippen LogP contribution is -2.19. The second-order valence-electron chi connectivity index (χ2n) is 5.10. The maximum atomic E-state index is 4.19. The predicted molar refractivity (Wildman–Crippen MR) is 79.6 cm³/mol. The molecule has 0 saturated carbocycles. The van der Waals surface area contributed by atoms with Crippen molar-refractivity contribution in [3.05, 3.63) is 59.4 Å². The molecule has 0 spiro atoms. The zero-order valence-electron chi connectivity index (χ0n) is 11.9. The van der Waals surface area contributed by atoms with Gasteiger partial charge >= 0.3 is 0 Å². The van der Waals surface area contributed by atoms with E-state index >= 15 is 0 Å². The molecule has 0 bridgehead atoms. The summed E-state index contributed by atoms with van der Waals surface area (Å²) in [5.74, 6) is 0. The maximum absolute atomic E-state index is 4.19. The summed E-state index contributed by atoms with van der Waals surface area (Å²) in [6, 6.07) is 10.4. The van der Waals surface area contributed by atoms with E-state index in [0.717, 1.165) is 13.1 Å². The van der Waals surface area contributed by atoms with Crippen LogP contribution in [0.5, 0.6) is 0 Å². The van der Waals surface area contributed by atoms with Crippen LogP contribution < -0.4 is 0 Å². The Kier molecular flexibility index (Phi) is 4.53. The Morgan fingerprint density at radius 2 is 2.05 bits per heavy atom. The summed E-state index contributed by atoms with van der Waals surface area (Å²) >= 11 is 0. The Morgan fingerprint density at radius 1 is 1.32 bits per heavy atom. The summed E-state index contributed by atoms with van der Waals surface area (Å²) in [4.78, 5) is 2.30. The lowest BCUT2D eigenvalue weighted by Gasteiger charge is -2.16. The highest BCUT2D eigenvalue weighted by Crippen LogP contribution is 2.09. The van der Waals surface area contributed by atoms with Crippen LogP contribution in [0.1, 0.15) is 18.1 Å². The molecule has 0 saturated heterocycles. The van der Waals surface area contributed by atoms with Crippen molar-refractivity contribution in [1.82, 2.24) is 14.7 Å². The van der Waals surface area contributed by atoms with E-state index in [1.807, 2.05) is 24.0 Å². The van der Waals surface area contributed by atoms with Gasteiger partial charge in [-0.25, -0.2) is 0 Å². The lowest BCUT2D eigenvalue weighted by atomic mass is 10.1. The highest BCUT2D eigenvalue weighted by atomic mass is 15.2. The summed E-state index contributed by atoms with van der Waals surface area (Å²) in [5.41, 5.74) is 3.87. The van der Waals surface area contributed by atoms with Crippen LogP contribution in [-0.2, 0) is 13.6 Å². The number of benzene rings is 1. The minimum atomic E-state index is 0.924. The number of nitrogens with zero attached hydrogens (tertiary/aromatic N) is 3. The summed E-state index contributed by atoms with van der Waals surface area (Å²) in [6.07, 6.45) is 6.22. The zero-order chi connectivity index (χ0) is 13.7. The van der Waals surface area contributed by atoms with Crippen LogP contribution in [0.25, 0.3) is 6.08 Å². The third kappa shape index (κ3) is 4.38. The minimum Gasteiger partial charge on any atom is -0.298 e. The first-order valence-corrected chi connectivity index (χ1v) is 6.52. The molecule has 0 amide bonds. The van der Waals surface area contributed by atoms with Gasteiger partial charge in [-0.3, -0.25) is 9.58 Å². The maximum Gasteiger partial charge on any atom is 0.0534 e. The smallest absolute Gasteiger partial charge is 0.0534 e. The van der Waals surface area contributed by atoms with Gasteiger partial charge in [0.15, 0.2) is 0 Å². The van der Waals surface area contributed by atoms with Crippen molar-refractivity contribution in [2.45, 2.75) is 13.5 Å². The highest BCUT2D eigenvalue weighted by molar-refractivity contribution is 5.52. The molecule has 0 atom stereocenters. The second kappa shape index (κ2) is 6.34. The van der Waals surface area contributed by atoms with Crippen LogP contribution in [0.3, 0.4) is 0 Å². The van der Waals surface area contributed by atoms with Crippen molar-refractivity contribution >= 4 is 6.08 Å². The first-order chi connectivity index (χ1) is 9.13. The van der Waals surface area contributed by atoms with E-state index in [-0.39, 0.29) is 0 Å². The molecule has 100 valence electrons. The molecule has 0 radical (unpaired) electrons. The summed E-state index contributed by atoms with van der Waals surface area (Å²) in [6.45, 7) is 4.06. The fourth-order valence-electron chi connectivity index (χ4n) is 2.23. The molecule has 2 rings (SSSR count). The lowest BCUT2D eigenvalue weighted by molar-refractivity contribution is 0.356. The van der Waals surface area contributed by atoms with Gasteiger partial charge in [0, 0.05) is 31.9 Å². The quantitative estimate of drug-likeness (QED) is 0.819. The number of hydrogen-bond donors (Lipinski definition) is 0. The average molecular weight is 255 g/mol. The molecule has 0 aliphatic heterocycles. The van der Waals surface area contributed by atoms with Gasteiger partial charge in [-0.1, -0.05) is 42.0 Å². The van der Waals surface area contributed by atoms with Gasteiger partial charge < -0.3 is 0 Å².